The Labute approximate surface area is 92.2 Å². The number of carbonyl (C=O) groups excluding carboxylic acids is 1. The van der Waals surface area contributed by atoms with Gasteiger partial charge in [0.15, 0.2) is 5.78 Å². The molecule has 0 bridgehead atoms. The number of phenols is 1. The van der Waals surface area contributed by atoms with E-state index in [0.29, 0.717) is 10.0 Å². The first kappa shape index (κ1) is 9.98. The van der Waals surface area contributed by atoms with Crippen LogP contribution in [0.2, 0.25) is 0 Å². The molecule has 0 spiro atoms. The summed E-state index contributed by atoms with van der Waals surface area (Å²) in [5, 5.41) is 9.33. The molecule has 0 aliphatic rings. The van der Waals surface area contributed by atoms with Crippen LogP contribution in [0.5, 0.6) is 5.75 Å². The van der Waals surface area contributed by atoms with Crippen molar-refractivity contribution in [1.82, 2.24) is 0 Å². The molecule has 0 aliphatic carbocycles. The van der Waals surface area contributed by atoms with Crippen molar-refractivity contribution in [2.45, 2.75) is 6.92 Å². The van der Waals surface area contributed by atoms with E-state index in [9.17, 15) is 9.90 Å². The Bertz CT molecular complexity index is 336. The monoisotopic (exact) mass is 340 g/mol. The van der Waals surface area contributed by atoms with Crippen molar-refractivity contribution in [3.63, 3.8) is 0 Å². The predicted molar refractivity (Wildman–Crippen MR) is 58.5 cm³/mol. The highest BCUT2D eigenvalue weighted by Gasteiger charge is 2.09. The summed E-state index contributed by atoms with van der Waals surface area (Å²) in [5.74, 6) is 0.0443. The third kappa shape index (κ3) is 1.98. The van der Waals surface area contributed by atoms with Gasteiger partial charge in [-0.2, -0.15) is 0 Å². The van der Waals surface area contributed by atoms with Gasteiger partial charge in [0.05, 0.1) is 4.47 Å². The average Bonchev–Trinajstić information content (AvgIpc) is 1.96. The molecule has 64 valence electrons. The number of halogens is 2. The Balaban J connectivity index is 3.37. The minimum absolute atomic E-state index is 0.0595. The Hall–Kier alpha value is -0.100. The number of hydrogen-bond donors (Lipinski definition) is 1. The van der Waals surface area contributed by atoms with Crippen molar-refractivity contribution in [1.29, 1.82) is 0 Å². The fraction of sp³-hybridized carbons (Fsp3) is 0.125. The molecule has 1 aromatic carbocycles. The maximum atomic E-state index is 11.0. The zero-order valence-corrected chi connectivity index (χ0v) is 10.0. The Morgan fingerprint density at radius 2 is 2.17 bits per heavy atom. The molecule has 0 atom stereocenters. The van der Waals surface area contributed by atoms with Gasteiger partial charge in [-0.1, -0.05) is 0 Å². The number of ketones is 1. The van der Waals surface area contributed by atoms with Gasteiger partial charge in [-0.3, -0.25) is 4.79 Å². The zero-order chi connectivity index (χ0) is 9.30. The largest absolute Gasteiger partial charge is 0.507 e. The van der Waals surface area contributed by atoms with Crippen LogP contribution in [0.1, 0.15) is 17.3 Å². The second-order valence-electron chi connectivity index (χ2n) is 2.34. The SMILES string of the molecule is CC(=O)c1cc(I)cc(O)c1Br. The van der Waals surface area contributed by atoms with Crippen LogP contribution in [-0.2, 0) is 0 Å². The minimum Gasteiger partial charge on any atom is -0.507 e. The summed E-state index contributed by atoms with van der Waals surface area (Å²) in [4.78, 5) is 11.0. The van der Waals surface area contributed by atoms with Crippen molar-refractivity contribution in [3.8, 4) is 5.75 Å². The van der Waals surface area contributed by atoms with Gasteiger partial charge < -0.3 is 5.11 Å². The third-order valence-electron chi connectivity index (χ3n) is 1.40. The number of phenolic OH excluding ortho intramolecular Hbond substituents is 1. The second-order valence-corrected chi connectivity index (χ2v) is 4.38. The molecule has 0 aliphatic heterocycles. The number of rotatable bonds is 1. The number of aromatic hydroxyl groups is 1. The first-order valence-electron chi connectivity index (χ1n) is 3.21. The lowest BCUT2D eigenvalue weighted by Gasteiger charge is -2.03. The average molecular weight is 341 g/mol. The van der Waals surface area contributed by atoms with E-state index < -0.39 is 0 Å². The Kier molecular flexibility index (Phi) is 3.11. The number of carbonyl (C=O) groups is 1. The highest BCUT2D eigenvalue weighted by Crippen LogP contribution is 2.30. The number of hydrogen-bond acceptors (Lipinski definition) is 2. The van der Waals surface area contributed by atoms with E-state index in [2.05, 4.69) is 15.9 Å². The molecule has 1 N–H and O–H groups in total. The van der Waals surface area contributed by atoms with E-state index in [1.165, 1.54) is 6.92 Å². The molecule has 0 saturated carbocycles. The van der Waals surface area contributed by atoms with E-state index >= 15 is 0 Å². The van der Waals surface area contributed by atoms with Crippen LogP contribution in [0.15, 0.2) is 16.6 Å². The van der Waals surface area contributed by atoms with Gasteiger partial charge in [0.25, 0.3) is 0 Å². The molecule has 0 fully saturated rings. The van der Waals surface area contributed by atoms with E-state index in [4.69, 9.17) is 0 Å². The lowest BCUT2D eigenvalue weighted by atomic mass is 10.1. The van der Waals surface area contributed by atoms with Gasteiger partial charge in [-0.25, -0.2) is 0 Å². The van der Waals surface area contributed by atoms with Crippen LogP contribution in [0.4, 0.5) is 0 Å². The number of Topliss-reactive ketones (excluding diaryl/α,β-unsaturated/α-hetero) is 1. The standard InChI is InChI=1S/C8H6BrIO2/c1-4(11)6-2-5(10)3-7(12)8(6)9/h2-3,12H,1H3. The molecular weight excluding hydrogens is 335 g/mol. The Morgan fingerprint density at radius 1 is 1.58 bits per heavy atom. The van der Waals surface area contributed by atoms with Crippen molar-refractivity contribution in [3.05, 3.63) is 25.7 Å². The van der Waals surface area contributed by atoms with Gasteiger partial charge >= 0.3 is 0 Å². The van der Waals surface area contributed by atoms with Gasteiger partial charge in [0.1, 0.15) is 5.75 Å². The van der Waals surface area contributed by atoms with Gasteiger partial charge in [0.2, 0.25) is 0 Å². The molecule has 0 saturated heterocycles. The molecule has 1 rings (SSSR count). The van der Waals surface area contributed by atoms with E-state index in [1.54, 1.807) is 12.1 Å². The van der Waals surface area contributed by atoms with Crippen LogP contribution < -0.4 is 0 Å². The molecule has 4 heteroatoms. The molecule has 12 heavy (non-hydrogen) atoms. The highest BCUT2D eigenvalue weighted by molar-refractivity contribution is 14.1. The smallest absolute Gasteiger partial charge is 0.161 e. The summed E-state index contributed by atoms with van der Waals surface area (Å²) in [7, 11) is 0. The maximum Gasteiger partial charge on any atom is 0.161 e. The molecule has 0 amide bonds. The highest BCUT2D eigenvalue weighted by atomic mass is 127. The van der Waals surface area contributed by atoms with Crippen molar-refractivity contribution in [2.24, 2.45) is 0 Å². The summed E-state index contributed by atoms with van der Waals surface area (Å²) in [5.41, 5.74) is 0.513. The number of benzene rings is 1. The summed E-state index contributed by atoms with van der Waals surface area (Å²) < 4.78 is 1.31. The van der Waals surface area contributed by atoms with E-state index in [1.807, 2.05) is 22.6 Å². The molecular formula is C8H6BrIO2. The molecule has 1 aromatic rings. The topological polar surface area (TPSA) is 37.3 Å². The molecule has 0 unspecified atom stereocenters. The minimum atomic E-state index is -0.0595. The maximum absolute atomic E-state index is 11.0. The molecule has 0 radical (unpaired) electrons. The van der Waals surface area contributed by atoms with Crippen LogP contribution >= 0.6 is 38.5 Å². The van der Waals surface area contributed by atoms with Crippen molar-refractivity contribution < 1.29 is 9.90 Å². The zero-order valence-electron chi connectivity index (χ0n) is 6.27. The quantitative estimate of drug-likeness (QED) is 0.630. The fourth-order valence-electron chi connectivity index (χ4n) is 0.831. The third-order valence-corrected chi connectivity index (χ3v) is 2.85. The van der Waals surface area contributed by atoms with Crippen LogP contribution in [0, 0.1) is 3.57 Å². The predicted octanol–water partition coefficient (Wildman–Crippen LogP) is 2.96. The van der Waals surface area contributed by atoms with Crippen LogP contribution in [0.3, 0.4) is 0 Å². The summed E-state index contributed by atoms with van der Waals surface area (Å²) >= 11 is 5.19. The molecule has 0 heterocycles. The summed E-state index contributed by atoms with van der Waals surface area (Å²) in [6, 6.07) is 3.32. The molecule has 2 nitrogen and oxygen atoms in total. The summed E-state index contributed by atoms with van der Waals surface area (Å²) in [6.07, 6.45) is 0. The lowest BCUT2D eigenvalue weighted by molar-refractivity contribution is 0.101. The second kappa shape index (κ2) is 3.74. The summed E-state index contributed by atoms with van der Waals surface area (Å²) in [6.45, 7) is 1.47. The fourth-order valence-corrected chi connectivity index (χ4v) is 1.95. The van der Waals surface area contributed by atoms with Crippen molar-refractivity contribution >= 4 is 44.3 Å². The first-order valence-corrected chi connectivity index (χ1v) is 5.08. The lowest BCUT2D eigenvalue weighted by Crippen LogP contribution is -1.94. The first-order chi connectivity index (χ1) is 5.52. The van der Waals surface area contributed by atoms with Crippen LogP contribution in [-0.4, -0.2) is 10.9 Å². The normalized spacial score (nSPS) is 9.92. The van der Waals surface area contributed by atoms with Crippen molar-refractivity contribution in [2.75, 3.05) is 0 Å². The van der Waals surface area contributed by atoms with E-state index in [-0.39, 0.29) is 11.5 Å². The molecule has 0 aromatic heterocycles. The van der Waals surface area contributed by atoms with Gasteiger partial charge in [0, 0.05) is 9.13 Å². The Morgan fingerprint density at radius 3 is 2.67 bits per heavy atom. The van der Waals surface area contributed by atoms with Gasteiger partial charge in [-0.05, 0) is 57.6 Å². The van der Waals surface area contributed by atoms with Crippen LogP contribution in [0.25, 0.3) is 0 Å². The van der Waals surface area contributed by atoms with Gasteiger partial charge in [-0.15, -0.1) is 0 Å². The van der Waals surface area contributed by atoms with E-state index in [0.717, 1.165) is 3.57 Å².